The first kappa shape index (κ1) is 15.6. The summed E-state index contributed by atoms with van der Waals surface area (Å²) in [5.41, 5.74) is 0.573. The number of hydrogen-bond donors (Lipinski definition) is 1. The van der Waals surface area contributed by atoms with Gasteiger partial charge in [0.15, 0.2) is 0 Å². The number of pyridine rings is 1. The molecule has 0 fully saturated rings. The van der Waals surface area contributed by atoms with E-state index in [-0.39, 0.29) is 18.6 Å². The molecule has 1 heterocycles. The quantitative estimate of drug-likeness (QED) is 0.650. The summed E-state index contributed by atoms with van der Waals surface area (Å²) in [6, 6.07) is 7.56. The zero-order valence-corrected chi connectivity index (χ0v) is 12.4. The van der Waals surface area contributed by atoms with E-state index in [1.165, 1.54) is 24.3 Å². The van der Waals surface area contributed by atoms with Crippen LogP contribution in [0.4, 0.5) is 13.2 Å². The third kappa shape index (κ3) is 2.71. The van der Waals surface area contributed by atoms with Crippen LogP contribution >= 0.6 is 0 Å². The van der Waals surface area contributed by atoms with E-state index in [0.717, 1.165) is 0 Å². The SMILES string of the molecule is C=CCC1CCc2cc(-c3ccc(O)cc3)nc(F)c2C1(F)F. The second-order valence-electron chi connectivity index (χ2n) is 5.76. The molecule has 1 unspecified atom stereocenters. The van der Waals surface area contributed by atoms with Crippen molar-refractivity contribution in [3.05, 3.63) is 60.1 Å². The molecule has 0 saturated heterocycles. The van der Waals surface area contributed by atoms with Crippen LogP contribution in [0.5, 0.6) is 5.75 Å². The molecule has 5 heteroatoms. The first-order chi connectivity index (χ1) is 10.9. The van der Waals surface area contributed by atoms with Crippen molar-refractivity contribution in [1.29, 1.82) is 0 Å². The van der Waals surface area contributed by atoms with Crippen molar-refractivity contribution in [2.45, 2.75) is 25.2 Å². The summed E-state index contributed by atoms with van der Waals surface area (Å²) in [5.74, 6) is -5.23. The normalized spacial score (nSPS) is 19.2. The summed E-state index contributed by atoms with van der Waals surface area (Å²) in [6.07, 6.45) is 2.25. The smallest absolute Gasteiger partial charge is 0.280 e. The molecule has 1 aliphatic carbocycles. The number of phenolic OH excluding ortho intramolecular Hbond substituents is 1. The van der Waals surface area contributed by atoms with Crippen LogP contribution in [0.3, 0.4) is 0 Å². The lowest BCUT2D eigenvalue weighted by atomic mass is 9.79. The average molecular weight is 319 g/mol. The number of fused-ring (bicyclic) bond motifs is 1. The third-order valence-corrected chi connectivity index (χ3v) is 4.28. The standard InChI is InChI=1S/C18H16F3NO/c1-2-3-13-7-4-12-10-15(11-5-8-14(23)9-6-11)22-17(19)16(12)18(13,20)21/h2,5-6,8-10,13,23H,1,3-4,7H2. The Kier molecular flexibility index (Phi) is 3.88. The number of aromatic hydroxyl groups is 1. The summed E-state index contributed by atoms with van der Waals surface area (Å²) in [4.78, 5) is 3.72. The van der Waals surface area contributed by atoms with Gasteiger partial charge in [0.1, 0.15) is 5.75 Å². The molecule has 0 amide bonds. The number of allylic oxidation sites excluding steroid dienone is 1. The van der Waals surface area contributed by atoms with Crippen LogP contribution < -0.4 is 0 Å². The van der Waals surface area contributed by atoms with Gasteiger partial charge < -0.3 is 5.11 Å². The highest BCUT2D eigenvalue weighted by atomic mass is 19.3. The van der Waals surface area contributed by atoms with E-state index in [4.69, 9.17) is 0 Å². The van der Waals surface area contributed by atoms with Crippen molar-refractivity contribution in [2.24, 2.45) is 5.92 Å². The molecule has 0 radical (unpaired) electrons. The van der Waals surface area contributed by atoms with Crippen LogP contribution in [0.1, 0.15) is 24.0 Å². The first-order valence-electron chi connectivity index (χ1n) is 7.41. The highest BCUT2D eigenvalue weighted by Crippen LogP contribution is 2.47. The van der Waals surface area contributed by atoms with Crippen molar-refractivity contribution in [3.8, 4) is 17.0 Å². The molecule has 1 atom stereocenters. The number of rotatable bonds is 3. The van der Waals surface area contributed by atoms with E-state index in [0.29, 0.717) is 23.2 Å². The van der Waals surface area contributed by atoms with Crippen molar-refractivity contribution in [2.75, 3.05) is 0 Å². The van der Waals surface area contributed by atoms with Crippen molar-refractivity contribution >= 4 is 0 Å². The Morgan fingerprint density at radius 1 is 1.30 bits per heavy atom. The fourth-order valence-corrected chi connectivity index (χ4v) is 3.07. The molecular weight excluding hydrogens is 303 g/mol. The summed E-state index contributed by atoms with van der Waals surface area (Å²) in [5, 5.41) is 9.30. The van der Waals surface area contributed by atoms with E-state index in [1.54, 1.807) is 12.1 Å². The molecule has 1 aromatic heterocycles. The van der Waals surface area contributed by atoms with Crippen LogP contribution in [0, 0.1) is 11.9 Å². The molecule has 23 heavy (non-hydrogen) atoms. The van der Waals surface area contributed by atoms with Crippen LogP contribution in [0.2, 0.25) is 0 Å². The zero-order valence-electron chi connectivity index (χ0n) is 12.4. The maximum atomic E-state index is 14.5. The summed E-state index contributed by atoms with van der Waals surface area (Å²) in [6.45, 7) is 3.50. The molecule has 2 nitrogen and oxygen atoms in total. The van der Waals surface area contributed by atoms with E-state index in [9.17, 15) is 18.3 Å². The molecule has 3 rings (SSSR count). The van der Waals surface area contributed by atoms with E-state index < -0.39 is 23.4 Å². The summed E-state index contributed by atoms with van der Waals surface area (Å²) < 4.78 is 43.4. The number of halogens is 3. The Balaban J connectivity index is 2.07. The van der Waals surface area contributed by atoms with Crippen molar-refractivity contribution in [1.82, 2.24) is 4.98 Å². The van der Waals surface area contributed by atoms with Gasteiger partial charge in [-0.3, -0.25) is 0 Å². The fraction of sp³-hybridized carbons (Fsp3) is 0.278. The molecule has 0 spiro atoms. The van der Waals surface area contributed by atoms with Gasteiger partial charge in [0, 0.05) is 11.5 Å². The van der Waals surface area contributed by atoms with Gasteiger partial charge in [0.05, 0.1) is 11.3 Å². The number of hydrogen-bond acceptors (Lipinski definition) is 2. The van der Waals surface area contributed by atoms with Crippen LogP contribution in [-0.4, -0.2) is 10.1 Å². The van der Waals surface area contributed by atoms with E-state index in [1.807, 2.05) is 0 Å². The number of nitrogens with zero attached hydrogens (tertiary/aromatic N) is 1. The average Bonchev–Trinajstić information content (AvgIpc) is 2.50. The molecule has 0 bridgehead atoms. The van der Waals surface area contributed by atoms with Crippen molar-refractivity contribution < 1.29 is 18.3 Å². The van der Waals surface area contributed by atoms with E-state index in [2.05, 4.69) is 11.6 Å². The van der Waals surface area contributed by atoms with Gasteiger partial charge in [-0.05, 0) is 55.2 Å². The van der Waals surface area contributed by atoms with Gasteiger partial charge in [-0.1, -0.05) is 6.08 Å². The third-order valence-electron chi connectivity index (χ3n) is 4.28. The molecule has 120 valence electrons. The lowest BCUT2D eigenvalue weighted by molar-refractivity contribution is -0.0776. The summed E-state index contributed by atoms with van der Waals surface area (Å²) in [7, 11) is 0. The zero-order chi connectivity index (χ0) is 16.6. The molecule has 0 aliphatic heterocycles. The van der Waals surface area contributed by atoms with Gasteiger partial charge in [-0.15, -0.1) is 6.58 Å². The maximum Gasteiger partial charge on any atom is 0.280 e. The Labute approximate surface area is 132 Å². The van der Waals surface area contributed by atoms with E-state index >= 15 is 0 Å². The molecule has 2 aromatic rings. The second-order valence-corrected chi connectivity index (χ2v) is 5.76. The van der Waals surface area contributed by atoms with Gasteiger partial charge in [0.2, 0.25) is 5.95 Å². The molecule has 1 N–H and O–H groups in total. The molecule has 1 aliphatic rings. The minimum absolute atomic E-state index is 0.0750. The minimum atomic E-state index is -3.24. The fourth-order valence-electron chi connectivity index (χ4n) is 3.07. The Morgan fingerprint density at radius 2 is 2.00 bits per heavy atom. The number of benzene rings is 1. The van der Waals surface area contributed by atoms with Gasteiger partial charge in [-0.2, -0.15) is 4.39 Å². The monoisotopic (exact) mass is 319 g/mol. The maximum absolute atomic E-state index is 14.5. The number of aryl methyl sites for hydroxylation is 1. The van der Waals surface area contributed by atoms with Gasteiger partial charge >= 0.3 is 0 Å². The lowest BCUT2D eigenvalue weighted by Gasteiger charge is -2.33. The highest BCUT2D eigenvalue weighted by molar-refractivity contribution is 5.61. The molecule has 0 saturated carbocycles. The Morgan fingerprint density at radius 3 is 2.65 bits per heavy atom. The van der Waals surface area contributed by atoms with Crippen LogP contribution in [-0.2, 0) is 12.3 Å². The Hall–Kier alpha value is -2.30. The summed E-state index contributed by atoms with van der Waals surface area (Å²) >= 11 is 0. The van der Waals surface area contributed by atoms with Crippen molar-refractivity contribution in [3.63, 3.8) is 0 Å². The molecule has 1 aromatic carbocycles. The largest absolute Gasteiger partial charge is 0.508 e. The van der Waals surface area contributed by atoms with Gasteiger partial charge in [0.25, 0.3) is 5.92 Å². The topological polar surface area (TPSA) is 33.1 Å². The van der Waals surface area contributed by atoms with Crippen LogP contribution in [0.15, 0.2) is 43.0 Å². The number of aromatic nitrogens is 1. The predicted molar refractivity (Wildman–Crippen MR) is 81.8 cm³/mol. The lowest BCUT2D eigenvalue weighted by Crippen LogP contribution is -2.33. The molecular formula is C18H16F3NO. The highest BCUT2D eigenvalue weighted by Gasteiger charge is 2.47. The number of alkyl halides is 2. The Bertz CT molecular complexity index is 741. The predicted octanol–water partition coefficient (Wildman–Crippen LogP) is 4.82. The van der Waals surface area contributed by atoms with Crippen LogP contribution in [0.25, 0.3) is 11.3 Å². The number of phenols is 1. The first-order valence-corrected chi connectivity index (χ1v) is 7.41. The second kappa shape index (κ2) is 5.72. The minimum Gasteiger partial charge on any atom is -0.508 e. The van der Waals surface area contributed by atoms with Gasteiger partial charge in [-0.25, -0.2) is 13.8 Å².